The van der Waals surface area contributed by atoms with Gasteiger partial charge in [0.05, 0.1) is 19.8 Å². The summed E-state index contributed by atoms with van der Waals surface area (Å²) in [6.07, 6.45) is 0. The van der Waals surface area contributed by atoms with Gasteiger partial charge < -0.3 is 9.47 Å². The van der Waals surface area contributed by atoms with Gasteiger partial charge in [-0.05, 0) is 5.92 Å². The topological polar surface area (TPSA) is 39.7 Å². The maximum absolute atomic E-state index is 5.33. The Morgan fingerprint density at radius 1 is 1.15 bits per heavy atom. The van der Waals surface area contributed by atoms with E-state index in [0.717, 1.165) is 13.2 Å². The minimum atomic E-state index is 0.570. The third-order valence-corrected chi connectivity index (χ3v) is 1.29. The monoisotopic (exact) mass is 191 g/mol. The van der Waals surface area contributed by atoms with Crippen molar-refractivity contribution in [3.05, 3.63) is 0 Å². The Morgan fingerprint density at radius 3 is 2.54 bits per heavy atom. The van der Waals surface area contributed by atoms with Crippen LogP contribution in [0.15, 0.2) is 0 Å². The molecule has 0 spiro atoms. The molecule has 1 N–H and O–H groups in total. The van der Waals surface area contributed by atoms with E-state index < -0.39 is 0 Å². The van der Waals surface area contributed by atoms with Crippen LogP contribution in [0.25, 0.3) is 0 Å². The number of hydrogen-bond donors (Lipinski definition) is 1. The van der Waals surface area contributed by atoms with Gasteiger partial charge in [-0.3, -0.25) is 4.84 Å². The van der Waals surface area contributed by atoms with Crippen molar-refractivity contribution in [2.75, 3.05) is 40.1 Å². The normalized spacial score (nSPS) is 11.1. The first-order chi connectivity index (χ1) is 6.27. The van der Waals surface area contributed by atoms with E-state index in [2.05, 4.69) is 19.3 Å². The molecule has 0 aromatic rings. The summed E-state index contributed by atoms with van der Waals surface area (Å²) in [6.45, 7) is 7.65. The molecule has 0 saturated carbocycles. The van der Waals surface area contributed by atoms with Crippen LogP contribution in [0.4, 0.5) is 0 Å². The van der Waals surface area contributed by atoms with E-state index in [4.69, 9.17) is 14.3 Å². The van der Waals surface area contributed by atoms with Crippen LogP contribution in [0, 0.1) is 5.92 Å². The zero-order chi connectivity index (χ0) is 9.94. The number of hydroxylamine groups is 1. The average molecular weight is 191 g/mol. The molecule has 0 fully saturated rings. The first-order valence-electron chi connectivity index (χ1n) is 4.68. The lowest BCUT2D eigenvalue weighted by molar-refractivity contribution is -0.00737. The van der Waals surface area contributed by atoms with E-state index >= 15 is 0 Å². The molecule has 0 amide bonds. The lowest BCUT2D eigenvalue weighted by Gasteiger charge is -2.07. The molecule has 0 aromatic heterocycles. The Balaban J connectivity index is 2.84. The number of methoxy groups -OCH3 is 1. The second-order valence-electron chi connectivity index (χ2n) is 3.20. The van der Waals surface area contributed by atoms with E-state index in [0.29, 0.717) is 25.7 Å². The standard InChI is InChI=1S/C9H21NO3/c1-9(2)8-12-5-4-10-13-7-6-11-3/h9-10H,4-8H2,1-3H3. The predicted molar refractivity (Wildman–Crippen MR) is 51.5 cm³/mol. The molecule has 0 heterocycles. The van der Waals surface area contributed by atoms with Crippen molar-refractivity contribution < 1.29 is 14.3 Å². The fourth-order valence-corrected chi connectivity index (χ4v) is 0.702. The van der Waals surface area contributed by atoms with Gasteiger partial charge in [0.15, 0.2) is 0 Å². The van der Waals surface area contributed by atoms with Crippen LogP contribution in [0.5, 0.6) is 0 Å². The van der Waals surface area contributed by atoms with E-state index in [1.807, 2.05) is 0 Å². The summed E-state index contributed by atoms with van der Waals surface area (Å²) in [7, 11) is 1.65. The summed E-state index contributed by atoms with van der Waals surface area (Å²) >= 11 is 0. The lowest BCUT2D eigenvalue weighted by Crippen LogP contribution is -2.22. The highest BCUT2D eigenvalue weighted by atomic mass is 16.7. The molecule has 13 heavy (non-hydrogen) atoms. The molecule has 0 aliphatic heterocycles. The molecule has 0 aliphatic rings. The average Bonchev–Trinajstić information content (AvgIpc) is 2.09. The summed E-state index contributed by atoms with van der Waals surface area (Å²) in [4.78, 5) is 5.03. The van der Waals surface area contributed by atoms with E-state index in [-0.39, 0.29) is 0 Å². The molecule has 0 saturated heterocycles. The zero-order valence-corrected chi connectivity index (χ0v) is 8.84. The van der Waals surface area contributed by atoms with Gasteiger partial charge in [0, 0.05) is 20.3 Å². The molecule has 4 heteroatoms. The van der Waals surface area contributed by atoms with Crippen LogP contribution >= 0.6 is 0 Å². The van der Waals surface area contributed by atoms with Crippen molar-refractivity contribution in [1.82, 2.24) is 5.48 Å². The molecular formula is C9H21NO3. The highest BCUT2D eigenvalue weighted by Crippen LogP contribution is 1.90. The Morgan fingerprint density at radius 2 is 1.92 bits per heavy atom. The van der Waals surface area contributed by atoms with Gasteiger partial charge in [-0.15, -0.1) is 0 Å². The first-order valence-corrected chi connectivity index (χ1v) is 4.68. The van der Waals surface area contributed by atoms with Crippen molar-refractivity contribution in [1.29, 1.82) is 0 Å². The predicted octanol–water partition coefficient (Wildman–Crippen LogP) is 0.827. The third-order valence-electron chi connectivity index (χ3n) is 1.29. The number of rotatable bonds is 9. The molecule has 0 rings (SSSR count). The van der Waals surface area contributed by atoms with Crippen LogP contribution in [-0.2, 0) is 14.3 Å². The molecule has 80 valence electrons. The Bertz CT molecular complexity index is 98.9. The van der Waals surface area contributed by atoms with Gasteiger partial charge in [-0.25, -0.2) is 5.48 Å². The fourth-order valence-electron chi connectivity index (χ4n) is 0.702. The van der Waals surface area contributed by atoms with Crippen LogP contribution in [-0.4, -0.2) is 40.1 Å². The Hall–Kier alpha value is -0.160. The number of ether oxygens (including phenoxy) is 2. The summed E-state index contributed by atoms with van der Waals surface area (Å²) in [5, 5.41) is 0. The quantitative estimate of drug-likeness (QED) is 0.433. The maximum atomic E-state index is 5.33. The maximum Gasteiger partial charge on any atom is 0.0915 e. The Labute approximate surface area is 80.5 Å². The summed E-state index contributed by atoms with van der Waals surface area (Å²) < 4.78 is 10.1. The Kier molecular flexibility index (Phi) is 9.80. The van der Waals surface area contributed by atoms with Gasteiger partial charge in [0.25, 0.3) is 0 Å². The molecule has 0 aromatic carbocycles. The zero-order valence-electron chi connectivity index (χ0n) is 8.84. The van der Waals surface area contributed by atoms with Crippen molar-refractivity contribution in [3.63, 3.8) is 0 Å². The first kappa shape index (κ1) is 12.8. The van der Waals surface area contributed by atoms with Crippen molar-refractivity contribution in [2.45, 2.75) is 13.8 Å². The van der Waals surface area contributed by atoms with E-state index in [9.17, 15) is 0 Å². The summed E-state index contributed by atoms with van der Waals surface area (Å²) in [6, 6.07) is 0. The second kappa shape index (κ2) is 9.92. The van der Waals surface area contributed by atoms with Gasteiger partial charge in [-0.1, -0.05) is 13.8 Å². The molecule has 0 radical (unpaired) electrons. The molecule has 0 aliphatic carbocycles. The van der Waals surface area contributed by atoms with Crippen LogP contribution in [0.1, 0.15) is 13.8 Å². The molecule has 4 nitrogen and oxygen atoms in total. The van der Waals surface area contributed by atoms with E-state index in [1.165, 1.54) is 0 Å². The number of nitrogens with one attached hydrogen (secondary N) is 1. The summed E-state index contributed by atoms with van der Waals surface area (Å²) in [5.41, 5.74) is 2.79. The largest absolute Gasteiger partial charge is 0.382 e. The molecule has 0 atom stereocenters. The fraction of sp³-hybridized carbons (Fsp3) is 1.00. The minimum Gasteiger partial charge on any atom is -0.382 e. The molecule has 0 unspecified atom stereocenters. The summed E-state index contributed by atoms with van der Waals surface area (Å²) in [5.74, 6) is 0.592. The van der Waals surface area contributed by atoms with Crippen LogP contribution in [0.3, 0.4) is 0 Å². The van der Waals surface area contributed by atoms with Crippen LogP contribution < -0.4 is 5.48 Å². The number of hydrogen-bond acceptors (Lipinski definition) is 4. The van der Waals surface area contributed by atoms with E-state index in [1.54, 1.807) is 7.11 Å². The molecular weight excluding hydrogens is 170 g/mol. The van der Waals surface area contributed by atoms with Crippen molar-refractivity contribution in [2.24, 2.45) is 5.92 Å². The highest BCUT2D eigenvalue weighted by molar-refractivity contribution is 4.40. The van der Waals surface area contributed by atoms with Gasteiger partial charge in [-0.2, -0.15) is 0 Å². The minimum absolute atomic E-state index is 0.570. The molecule has 0 bridgehead atoms. The second-order valence-corrected chi connectivity index (χ2v) is 3.20. The van der Waals surface area contributed by atoms with Gasteiger partial charge >= 0.3 is 0 Å². The van der Waals surface area contributed by atoms with Gasteiger partial charge in [0.1, 0.15) is 0 Å². The SMILES string of the molecule is COCCONCCOCC(C)C. The lowest BCUT2D eigenvalue weighted by atomic mass is 10.2. The third kappa shape index (κ3) is 11.8. The highest BCUT2D eigenvalue weighted by Gasteiger charge is 1.93. The van der Waals surface area contributed by atoms with Gasteiger partial charge in [0.2, 0.25) is 0 Å². The van der Waals surface area contributed by atoms with Crippen molar-refractivity contribution in [3.8, 4) is 0 Å². The smallest absolute Gasteiger partial charge is 0.0915 e. The van der Waals surface area contributed by atoms with Crippen LogP contribution in [0.2, 0.25) is 0 Å². The van der Waals surface area contributed by atoms with Crippen molar-refractivity contribution >= 4 is 0 Å².